The van der Waals surface area contributed by atoms with Gasteiger partial charge in [0.15, 0.2) is 0 Å². The summed E-state index contributed by atoms with van der Waals surface area (Å²) in [5.41, 5.74) is 1.40. The van der Waals surface area contributed by atoms with E-state index in [1.54, 1.807) is 0 Å². The number of benzene rings is 1. The second-order valence-electron chi connectivity index (χ2n) is 4.65. The van der Waals surface area contributed by atoms with E-state index >= 15 is 0 Å². The molecule has 1 aliphatic rings. The second-order valence-corrected chi connectivity index (χ2v) is 4.65. The lowest BCUT2D eigenvalue weighted by Crippen LogP contribution is -2.36. The first-order chi connectivity index (χ1) is 7.86. The molecule has 1 fully saturated rings. The summed E-state index contributed by atoms with van der Waals surface area (Å²) in [6.07, 6.45) is 5.42. The smallest absolute Gasteiger partial charge is 0.0693 e. The van der Waals surface area contributed by atoms with Gasteiger partial charge in [0, 0.05) is 6.04 Å². The molecular formula is C14H21NO. The Balaban J connectivity index is 1.62. The molecule has 0 saturated heterocycles. The fourth-order valence-corrected chi connectivity index (χ4v) is 2.40. The Morgan fingerprint density at radius 1 is 1.19 bits per heavy atom. The van der Waals surface area contributed by atoms with E-state index in [0.717, 1.165) is 38.6 Å². The highest BCUT2D eigenvalue weighted by Gasteiger charge is 2.23. The zero-order valence-electron chi connectivity index (χ0n) is 9.73. The third-order valence-corrected chi connectivity index (χ3v) is 3.37. The molecule has 0 aliphatic heterocycles. The standard InChI is InChI=1S/C14H21NO/c16-14-10-4-9-13(14)15-11-5-8-12-6-2-1-3-7-12/h1-3,6-7,13-16H,4-5,8-11H2/t13-,14-/m1/s1. The van der Waals surface area contributed by atoms with Crippen molar-refractivity contribution in [1.82, 2.24) is 5.32 Å². The van der Waals surface area contributed by atoms with Gasteiger partial charge in [0.1, 0.15) is 0 Å². The van der Waals surface area contributed by atoms with Gasteiger partial charge in [0.25, 0.3) is 0 Å². The van der Waals surface area contributed by atoms with Crippen LogP contribution in [0.5, 0.6) is 0 Å². The number of hydrogen-bond donors (Lipinski definition) is 2. The fraction of sp³-hybridized carbons (Fsp3) is 0.571. The predicted molar refractivity (Wildman–Crippen MR) is 66.4 cm³/mol. The molecule has 2 N–H and O–H groups in total. The molecule has 88 valence electrons. The van der Waals surface area contributed by atoms with Crippen LogP contribution in [0.2, 0.25) is 0 Å². The van der Waals surface area contributed by atoms with Gasteiger partial charge >= 0.3 is 0 Å². The summed E-state index contributed by atoms with van der Waals surface area (Å²) in [7, 11) is 0. The Bertz CT molecular complexity index is 299. The van der Waals surface area contributed by atoms with E-state index in [1.807, 2.05) is 0 Å². The molecule has 2 atom stereocenters. The zero-order valence-corrected chi connectivity index (χ0v) is 9.73. The Morgan fingerprint density at radius 2 is 2.00 bits per heavy atom. The molecule has 16 heavy (non-hydrogen) atoms. The van der Waals surface area contributed by atoms with Gasteiger partial charge in [-0.2, -0.15) is 0 Å². The van der Waals surface area contributed by atoms with Crippen molar-refractivity contribution in [2.24, 2.45) is 0 Å². The van der Waals surface area contributed by atoms with Crippen LogP contribution in [0.1, 0.15) is 31.2 Å². The minimum absolute atomic E-state index is 0.114. The van der Waals surface area contributed by atoms with Crippen LogP contribution in [-0.2, 0) is 6.42 Å². The SMILES string of the molecule is O[C@@H]1CCC[C@H]1NCCCc1ccccc1. The largest absolute Gasteiger partial charge is 0.392 e. The van der Waals surface area contributed by atoms with Crippen LogP contribution in [0, 0.1) is 0 Å². The van der Waals surface area contributed by atoms with Crippen LogP contribution in [0.3, 0.4) is 0 Å². The van der Waals surface area contributed by atoms with E-state index in [1.165, 1.54) is 5.56 Å². The Labute approximate surface area is 97.7 Å². The van der Waals surface area contributed by atoms with Crippen molar-refractivity contribution >= 4 is 0 Å². The maximum absolute atomic E-state index is 9.64. The van der Waals surface area contributed by atoms with Crippen LogP contribution in [-0.4, -0.2) is 23.8 Å². The average molecular weight is 219 g/mol. The summed E-state index contributed by atoms with van der Waals surface area (Å²) in [6.45, 7) is 1.01. The van der Waals surface area contributed by atoms with Crippen LogP contribution in [0.4, 0.5) is 0 Å². The first kappa shape index (κ1) is 11.6. The first-order valence-electron chi connectivity index (χ1n) is 6.31. The average Bonchev–Trinajstić information content (AvgIpc) is 2.72. The maximum atomic E-state index is 9.64. The van der Waals surface area contributed by atoms with E-state index in [4.69, 9.17) is 0 Å². The van der Waals surface area contributed by atoms with E-state index in [-0.39, 0.29) is 6.10 Å². The minimum atomic E-state index is -0.114. The van der Waals surface area contributed by atoms with E-state index in [0.29, 0.717) is 6.04 Å². The number of aliphatic hydroxyl groups excluding tert-OH is 1. The lowest BCUT2D eigenvalue weighted by molar-refractivity contribution is 0.149. The van der Waals surface area contributed by atoms with E-state index in [9.17, 15) is 5.11 Å². The summed E-state index contributed by atoms with van der Waals surface area (Å²) in [5.74, 6) is 0. The summed E-state index contributed by atoms with van der Waals surface area (Å²) in [4.78, 5) is 0. The highest BCUT2D eigenvalue weighted by atomic mass is 16.3. The highest BCUT2D eigenvalue weighted by Crippen LogP contribution is 2.18. The molecule has 0 spiro atoms. The van der Waals surface area contributed by atoms with Crippen molar-refractivity contribution in [2.75, 3.05) is 6.54 Å². The van der Waals surface area contributed by atoms with Crippen molar-refractivity contribution in [3.63, 3.8) is 0 Å². The number of hydrogen-bond acceptors (Lipinski definition) is 2. The zero-order chi connectivity index (χ0) is 11.2. The molecule has 1 saturated carbocycles. The fourth-order valence-electron chi connectivity index (χ4n) is 2.40. The van der Waals surface area contributed by atoms with Gasteiger partial charge in [-0.3, -0.25) is 0 Å². The summed E-state index contributed by atoms with van der Waals surface area (Å²) in [5, 5.41) is 13.1. The molecule has 2 heteroatoms. The summed E-state index contributed by atoms with van der Waals surface area (Å²) < 4.78 is 0. The van der Waals surface area contributed by atoms with Gasteiger partial charge in [-0.15, -0.1) is 0 Å². The Morgan fingerprint density at radius 3 is 2.69 bits per heavy atom. The molecule has 0 bridgehead atoms. The van der Waals surface area contributed by atoms with Crippen LogP contribution >= 0.6 is 0 Å². The van der Waals surface area contributed by atoms with E-state index < -0.39 is 0 Å². The molecule has 0 amide bonds. The first-order valence-corrected chi connectivity index (χ1v) is 6.31. The Kier molecular flexibility index (Phi) is 4.37. The number of nitrogens with one attached hydrogen (secondary N) is 1. The molecule has 0 heterocycles. The van der Waals surface area contributed by atoms with Gasteiger partial charge in [0.2, 0.25) is 0 Å². The van der Waals surface area contributed by atoms with Crippen molar-refractivity contribution in [3.8, 4) is 0 Å². The molecule has 2 rings (SSSR count). The lowest BCUT2D eigenvalue weighted by atomic mass is 10.1. The van der Waals surface area contributed by atoms with Crippen LogP contribution < -0.4 is 5.32 Å². The Hall–Kier alpha value is -0.860. The van der Waals surface area contributed by atoms with Gasteiger partial charge in [-0.05, 0) is 44.2 Å². The van der Waals surface area contributed by atoms with Crippen molar-refractivity contribution in [1.29, 1.82) is 0 Å². The van der Waals surface area contributed by atoms with Crippen LogP contribution in [0.25, 0.3) is 0 Å². The predicted octanol–water partition coefficient (Wildman–Crippen LogP) is 2.12. The normalized spacial score (nSPS) is 24.8. The molecule has 0 unspecified atom stereocenters. The number of aryl methyl sites for hydroxylation is 1. The monoisotopic (exact) mass is 219 g/mol. The minimum Gasteiger partial charge on any atom is -0.392 e. The van der Waals surface area contributed by atoms with Crippen molar-refractivity contribution in [3.05, 3.63) is 35.9 Å². The van der Waals surface area contributed by atoms with Crippen molar-refractivity contribution in [2.45, 2.75) is 44.2 Å². The maximum Gasteiger partial charge on any atom is 0.0693 e. The molecule has 0 aromatic heterocycles. The van der Waals surface area contributed by atoms with Crippen molar-refractivity contribution < 1.29 is 5.11 Å². The van der Waals surface area contributed by atoms with Gasteiger partial charge in [0.05, 0.1) is 6.10 Å². The van der Waals surface area contributed by atoms with E-state index in [2.05, 4.69) is 35.6 Å². The third kappa shape index (κ3) is 3.32. The van der Waals surface area contributed by atoms with Gasteiger partial charge in [-0.25, -0.2) is 0 Å². The lowest BCUT2D eigenvalue weighted by Gasteiger charge is -2.16. The molecular weight excluding hydrogens is 198 g/mol. The summed E-state index contributed by atoms with van der Waals surface area (Å²) in [6, 6.07) is 10.9. The molecule has 1 aromatic rings. The summed E-state index contributed by atoms with van der Waals surface area (Å²) >= 11 is 0. The highest BCUT2D eigenvalue weighted by molar-refractivity contribution is 5.14. The van der Waals surface area contributed by atoms with Crippen LogP contribution in [0.15, 0.2) is 30.3 Å². The molecule has 1 aliphatic carbocycles. The van der Waals surface area contributed by atoms with Gasteiger partial charge < -0.3 is 10.4 Å². The number of rotatable bonds is 5. The molecule has 1 aromatic carbocycles. The number of aliphatic hydroxyl groups is 1. The molecule has 2 nitrogen and oxygen atoms in total. The topological polar surface area (TPSA) is 32.3 Å². The molecule has 0 radical (unpaired) electrons. The second kappa shape index (κ2) is 6.02. The quantitative estimate of drug-likeness (QED) is 0.744. The third-order valence-electron chi connectivity index (χ3n) is 3.37. The van der Waals surface area contributed by atoms with Gasteiger partial charge in [-0.1, -0.05) is 30.3 Å².